The molecule has 4 rings (SSSR count). The molecule has 0 aliphatic rings. The summed E-state index contributed by atoms with van der Waals surface area (Å²) in [6.07, 6.45) is 1.69. The number of aryl methyl sites for hydroxylation is 1. The van der Waals surface area contributed by atoms with E-state index in [1.54, 1.807) is 16.8 Å². The lowest BCUT2D eigenvalue weighted by molar-refractivity contribution is 0.364. The maximum Gasteiger partial charge on any atom is 0.267 e. The highest BCUT2D eigenvalue weighted by molar-refractivity contribution is 7.99. The molecule has 3 aromatic heterocycles. The average molecular weight is 422 g/mol. The number of para-hydroxylation sites is 1. The predicted molar refractivity (Wildman–Crippen MR) is 117 cm³/mol. The molecule has 0 N–H and O–H groups in total. The van der Waals surface area contributed by atoms with Crippen molar-refractivity contribution >= 4 is 22.7 Å². The minimum absolute atomic E-state index is 0.158. The van der Waals surface area contributed by atoms with Crippen LogP contribution in [0.4, 0.5) is 0 Å². The Hall–Kier alpha value is -3.00. The van der Waals surface area contributed by atoms with E-state index in [0.717, 1.165) is 5.56 Å². The van der Waals surface area contributed by atoms with Crippen molar-refractivity contribution in [2.75, 3.05) is 0 Å². The molecule has 7 nitrogen and oxygen atoms in total. The second kappa shape index (κ2) is 7.68. The van der Waals surface area contributed by atoms with E-state index in [9.17, 15) is 4.79 Å². The molecule has 3 heterocycles. The van der Waals surface area contributed by atoms with Gasteiger partial charge in [-0.2, -0.15) is 4.98 Å². The van der Waals surface area contributed by atoms with Crippen molar-refractivity contribution in [1.82, 2.24) is 24.7 Å². The molecule has 0 saturated heterocycles. The van der Waals surface area contributed by atoms with E-state index in [1.165, 1.54) is 11.8 Å². The van der Waals surface area contributed by atoms with E-state index in [1.807, 2.05) is 65.0 Å². The number of nitrogens with zero attached hydrogens (tertiary/aromatic N) is 5. The van der Waals surface area contributed by atoms with E-state index in [0.29, 0.717) is 33.6 Å². The Bertz CT molecular complexity index is 1270. The van der Waals surface area contributed by atoms with Crippen LogP contribution in [-0.2, 0) is 5.41 Å². The summed E-state index contributed by atoms with van der Waals surface area (Å²) in [5.41, 5.74) is 1.29. The molecule has 8 heteroatoms. The second-order valence-electron chi connectivity index (χ2n) is 8.21. The van der Waals surface area contributed by atoms with Gasteiger partial charge < -0.3 is 4.52 Å². The molecular formula is C22H23N5O2S. The number of hydrogen-bond donors (Lipinski definition) is 0. The van der Waals surface area contributed by atoms with Gasteiger partial charge in [-0.15, -0.1) is 0 Å². The quantitative estimate of drug-likeness (QED) is 0.351. The van der Waals surface area contributed by atoms with Gasteiger partial charge in [0.05, 0.1) is 16.2 Å². The van der Waals surface area contributed by atoms with Crippen molar-refractivity contribution in [1.29, 1.82) is 0 Å². The monoisotopic (exact) mass is 421 g/mol. The molecule has 0 spiro atoms. The Kier molecular flexibility index (Phi) is 5.19. The number of pyridine rings is 1. The van der Waals surface area contributed by atoms with Crippen molar-refractivity contribution in [2.24, 2.45) is 0 Å². The molecule has 1 atom stereocenters. The molecule has 0 saturated carbocycles. The molecule has 0 bridgehead atoms. The predicted octanol–water partition coefficient (Wildman–Crippen LogP) is 4.62. The van der Waals surface area contributed by atoms with Crippen LogP contribution in [0.3, 0.4) is 0 Å². The maximum absolute atomic E-state index is 13.3. The van der Waals surface area contributed by atoms with Crippen molar-refractivity contribution in [3.8, 4) is 5.82 Å². The first kappa shape index (κ1) is 20.3. The highest BCUT2D eigenvalue weighted by Crippen LogP contribution is 2.34. The Morgan fingerprint density at radius 3 is 2.60 bits per heavy atom. The minimum atomic E-state index is -0.207. The zero-order valence-corrected chi connectivity index (χ0v) is 18.4. The SMILES string of the molecule is Cc1ccnc(-n2c(SC(C)c3nc(C(C)(C)C)no3)nc3ccccc3c2=O)c1. The Morgan fingerprint density at radius 1 is 1.13 bits per heavy atom. The average Bonchev–Trinajstić information content (AvgIpc) is 3.19. The lowest BCUT2D eigenvalue weighted by Gasteiger charge is -2.14. The van der Waals surface area contributed by atoms with Gasteiger partial charge in [0.15, 0.2) is 11.0 Å². The molecule has 30 heavy (non-hydrogen) atoms. The summed E-state index contributed by atoms with van der Waals surface area (Å²) in [6, 6.07) is 11.1. The van der Waals surface area contributed by atoms with Crippen LogP contribution in [0.2, 0.25) is 0 Å². The topological polar surface area (TPSA) is 86.7 Å². The van der Waals surface area contributed by atoms with Gasteiger partial charge in [-0.05, 0) is 43.7 Å². The first-order valence-electron chi connectivity index (χ1n) is 9.69. The van der Waals surface area contributed by atoms with Gasteiger partial charge in [0, 0.05) is 11.6 Å². The fourth-order valence-electron chi connectivity index (χ4n) is 2.95. The van der Waals surface area contributed by atoms with Crippen LogP contribution in [0, 0.1) is 6.92 Å². The number of benzene rings is 1. The van der Waals surface area contributed by atoms with Gasteiger partial charge in [0.2, 0.25) is 5.89 Å². The fraction of sp³-hybridized carbons (Fsp3) is 0.318. The number of fused-ring (bicyclic) bond motifs is 1. The highest BCUT2D eigenvalue weighted by atomic mass is 32.2. The van der Waals surface area contributed by atoms with Crippen LogP contribution in [0.25, 0.3) is 16.7 Å². The molecule has 4 aromatic rings. The first-order valence-corrected chi connectivity index (χ1v) is 10.6. The van der Waals surface area contributed by atoms with Crippen molar-refractivity contribution in [3.63, 3.8) is 0 Å². The molecule has 0 amide bonds. The van der Waals surface area contributed by atoms with Crippen LogP contribution < -0.4 is 5.56 Å². The summed E-state index contributed by atoms with van der Waals surface area (Å²) in [7, 11) is 0. The largest absolute Gasteiger partial charge is 0.338 e. The zero-order valence-electron chi connectivity index (χ0n) is 17.6. The standard InChI is InChI=1S/C22H23N5O2S/c1-13-10-11-23-17(12-13)27-19(28)15-8-6-7-9-16(15)24-21(27)30-14(2)18-25-20(26-29-18)22(3,4)5/h6-12,14H,1-5H3. The molecule has 0 radical (unpaired) electrons. The molecular weight excluding hydrogens is 398 g/mol. The highest BCUT2D eigenvalue weighted by Gasteiger charge is 2.25. The number of rotatable bonds is 4. The maximum atomic E-state index is 13.3. The van der Waals surface area contributed by atoms with Crippen molar-refractivity contribution in [3.05, 3.63) is 70.2 Å². The lowest BCUT2D eigenvalue weighted by Crippen LogP contribution is -2.23. The van der Waals surface area contributed by atoms with Gasteiger partial charge in [-0.25, -0.2) is 14.5 Å². The van der Waals surface area contributed by atoms with Crippen LogP contribution in [-0.4, -0.2) is 24.7 Å². The smallest absolute Gasteiger partial charge is 0.267 e. The Labute approximate surface area is 178 Å². The molecule has 0 aliphatic heterocycles. The minimum Gasteiger partial charge on any atom is -0.338 e. The number of hydrogen-bond acceptors (Lipinski definition) is 7. The molecule has 1 unspecified atom stereocenters. The third kappa shape index (κ3) is 3.87. The molecule has 0 fully saturated rings. The van der Waals surface area contributed by atoms with E-state index in [4.69, 9.17) is 9.51 Å². The normalized spacial score (nSPS) is 13.0. The van der Waals surface area contributed by atoms with Crippen molar-refractivity contribution < 1.29 is 4.52 Å². The fourth-order valence-corrected chi connectivity index (χ4v) is 3.90. The van der Waals surface area contributed by atoms with Gasteiger partial charge in [-0.3, -0.25) is 4.79 Å². The van der Waals surface area contributed by atoms with Crippen LogP contribution in [0.15, 0.2) is 57.1 Å². The van der Waals surface area contributed by atoms with E-state index in [2.05, 4.69) is 15.1 Å². The van der Waals surface area contributed by atoms with Crippen LogP contribution in [0.1, 0.15) is 50.2 Å². The van der Waals surface area contributed by atoms with Crippen LogP contribution >= 0.6 is 11.8 Å². The Balaban J connectivity index is 1.82. The van der Waals surface area contributed by atoms with Crippen LogP contribution in [0.5, 0.6) is 0 Å². The van der Waals surface area contributed by atoms with Gasteiger partial charge >= 0.3 is 0 Å². The third-order valence-electron chi connectivity index (χ3n) is 4.62. The summed E-state index contributed by atoms with van der Waals surface area (Å²) in [6.45, 7) is 10.0. The summed E-state index contributed by atoms with van der Waals surface area (Å²) >= 11 is 1.39. The van der Waals surface area contributed by atoms with Gasteiger partial charge in [0.25, 0.3) is 5.56 Å². The van der Waals surface area contributed by atoms with Crippen molar-refractivity contribution in [2.45, 2.75) is 50.4 Å². The Morgan fingerprint density at radius 2 is 1.90 bits per heavy atom. The molecule has 0 aliphatic carbocycles. The summed E-state index contributed by atoms with van der Waals surface area (Å²) in [4.78, 5) is 27.1. The summed E-state index contributed by atoms with van der Waals surface area (Å²) < 4.78 is 7.05. The van der Waals surface area contributed by atoms with Gasteiger partial charge in [0.1, 0.15) is 5.82 Å². The van der Waals surface area contributed by atoms with E-state index >= 15 is 0 Å². The zero-order chi connectivity index (χ0) is 21.5. The summed E-state index contributed by atoms with van der Waals surface area (Å²) in [5.74, 6) is 1.68. The lowest BCUT2D eigenvalue weighted by atomic mass is 9.96. The van der Waals surface area contributed by atoms with E-state index in [-0.39, 0.29) is 16.2 Å². The first-order chi connectivity index (χ1) is 14.2. The van der Waals surface area contributed by atoms with E-state index < -0.39 is 0 Å². The number of thioether (sulfide) groups is 1. The molecule has 154 valence electrons. The number of aromatic nitrogens is 5. The summed E-state index contributed by atoms with van der Waals surface area (Å²) in [5, 5.41) is 4.99. The second-order valence-corrected chi connectivity index (χ2v) is 9.52. The van der Waals surface area contributed by atoms with Gasteiger partial charge in [-0.1, -0.05) is 49.8 Å². The molecule has 1 aromatic carbocycles. The third-order valence-corrected chi connectivity index (χ3v) is 5.66.